The molecule has 1 N–H and O–H groups in total. The summed E-state index contributed by atoms with van der Waals surface area (Å²) in [7, 11) is 5.77. The Morgan fingerprint density at radius 3 is 2.65 bits per heavy atom. The van der Waals surface area contributed by atoms with Crippen molar-refractivity contribution in [3.8, 4) is 6.01 Å². The second kappa shape index (κ2) is 7.20. The van der Waals surface area contributed by atoms with E-state index in [1.165, 1.54) is 0 Å². The van der Waals surface area contributed by atoms with E-state index in [-0.39, 0.29) is 0 Å². The number of hydrogen-bond acceptors (Lipinski definition) is 8. The van der Waals surface area contributed by atoms with Crippen molar-refractivity contribution in [2.24, 2.45) is 0 Å². The SMILES string of the molecule is CNc1nc(OCCN(C)C)nc(N2CCOCC2)n1. The molecule has 1 aliphatic heterocycles. The zero-order valence-electron chi connectivity index (χ0n) is 12.3. The summed E-state index contributed by atoms with van der Waals surface area (Å²) in [5.74, 6) is 1.15. The molecule has 8 nitrogen and oxygen atoms in total. The van der Waals surface area contributed by atoms with Crippen molar-refractivity contribution >= 4 is 11.9 Å². The lowest BCUT2D eigenvalue weighted by Crippen LogP contribution is -2.37. The van der Waals surface area contributed by atoms with Crippen molar-refractivity contribution in [2.75, 3.05) is 70.8 Å². The van der Waals surface area contributed by atoms with Gasteiger partial charge in [-0.1, -0.05) is 0 Å². The fourth-order valence-corrected chi connectivity index (χ4v) is 1.75. The number of aromatic nitrogens is 3. The van der Waals surface area contributed by atoms with Gasteiger partial charge in [-0.25, -0.2) is 0 Å². The maximum Gasteiger partial charge on any atom is 0.323 e. The minimum atomic E-state index is 0.354. The number of ether oxygens (including phenoxy) is 2. The van der Waals surface area contributed by atoms with Crippen LogP contribution in [0.5, 0.6) is 6.01 Å². The quantitative estimate of drug-likeness (QED) is 0.761. The van der Waals surface area contributed by atoms with Gasteiger partial charge in [0.1, 0.15) is 6.61 Å². The summed E-state index contributed by atoms with van der Waals surface area (Å²) in [6.07, 6.45) is 0. The summed E-state index contributed by atoms with van der Waals surface area (Å²) in [5, 5.41) is 2.94. The van der Waals surface area contributed by atoms with Crippen LogP contribution in [0.3, 0.4) is 0 Å². The molecule has 0 aliphatic carbocycles. The summed E-state index contributed by atoms with van der Waals surface area (Å²) in [6, 6.07) is 0.354. The lowest BCUT2D eigenvalue weighted by Gasteiger charge is -2.26. The number of likely N-dealkylation sites (N-methyl/N-ethyl adjacent to an activating group) is 1. The van der Waals surface area contributed by atoms with Crippen LogP contribution < -0.4 is 15.0 Å². The van der Waals surface area contributed by atoms with Crippen LogP contribution in [0.2, 0.25) is 0 Å². The molecule has 1 aromatic rings. The first kappa shape index (κ1) is 14.7. The molecule has 1 saturated heterocycles. The monoisotopic (exact) mass is 282 g/mol. The average Bonchev–Trinajstić information content (AvgIpc) is 2.47. The highest BCUT2D eigenvalue weighted by molar-refractivity contribution is 5.38. The summed E-state index contributed by atoms with van der Waals surface area (Å²) >= 11 is 0. The van der Waals surface area contributed by atoms with Gasteiger partial charge in [-0.05, 0) is 14.1 Å². The molecule has 0 atom stereocenters. The molecule has 0 saturated carbocycles. The van der Waals surface area contributed by atoms with E-state index in [0.29, 0.717) is 37.7 Å². The van der Waals surface area contributed by atoms with Crippen LogP contribution in [0.4, 0.5) is 11.9 Å². The van der Waals surface area contributed by atoms with Crippen LogP contribution in [-0.4, -0.2) is 80.4 Å². The third-order valence-electron chi connectivity index (χ3n) is 2.89. The molecule has 2 heterocycles. The first-order valence-electron chi connectivity index (χ1n) is 6.73. The second-order valence-electron chi connectivity index (χ2n) is 4.74. The molecular weight excluding hydrogens is 260 g/mol. The fourth-order valence-electron chi connectivity index (χ4n) is 1.75. The van der Waals surface area contributed by atoms with E-state index >= 15 is 0 Å². The molecule has 0 radical (unpaired) electrons. The molecule has 0 spiro atoms. The molecule has 0 aromatic carbocycles. The first-order valence-corrected chi connectivity index (χ1v) is 6.73. The van der Waals surface area contributed by atoms with E-state index in [0.717, 1.165) is 19.6 Å². The summed E-state index contributed by atoms with van der Waals surface area (Å²) in [5.41, 5.74) is 0. The lowest BCUT2D eigenvalue weighted by atomic mass is 10.4. The van der Waals surface area contributed by atoms with Gasteiger partial charge in [-0.3, -0.25) is 0 Å². The zero-order chi connectivity index (χ0) is 14.4. The largest absolute Gasteiger partial charge is 0.462 e. The second-order valence-corrected chi connectivity index (χ2v) is 4.74. The standard InChI is InChI=1S/C12H22N6O2/c1-13-10-14-11(18-5-7-19-8-6-18)16-12(15-10)20-9-4-17(2)3/h4-9H2,1-3H3,(H,13,14,15,16). The third kappa shape index (κ3) is 4.17. The van der Waals surface area contributed by atoms with Crippen molar-refractivity contribution in [1.29, 1.82) is 0 Å². The highest BCUT2D eigenvalue weighted by Crippen LogP contribution is 2.15. The average molecular weight is 282 g/mol. The number of morpholine rings is 1. The minimum Gasteiger partial charge on any atom is -0.462 e. The number of nitrogens with one attached hydrogen (secondary N) is 1. The topological polar surface area (TPSA) is 75.6 Å². The third-order valence-corrected chi connectivity index (χ3v) is 2.89. The Bertz CT molecular complexity index is 422. The Balaban J connectivity index is 2.06. The maximum absolute atomic E-state index is 5.59. The molecule has 8 heteroatoms. The number of hydrogen-bond donors (Lipinski definition) is 1. The fraction of sp³-hybridized carbons (Fsp3) is 0.750. The number of anilines is 2. The normalized spacial score (nSPS) is 15.5. The van der Waals surface area contributed by atoms with Gasteiger partial charge in [0, 0.05) is 26.7 Å². The van der Waals surface area contributed by atoms with Crippen molar-refractivity contribution in [2.45, 2.75) is 0 Å². The molecule has 1 aromatic heterocycles. The molecule has 1 fully saturated rings. The first-order chi connectivity index (χ1) is 9.69. The number of rotatable bonds is 6. The zero-order valence-corrected chi connectivity index (χ0v) is 12.3. The Morgan fingerprint density at radius 1 is 1.25 bits per heavy atom. The van der Waals surface area contributed by atoms with Crippen LogP contribution in [-0.2, 0) is 4.74 Å². The molecule has 0 amide bonds. The predicted octanol–water partition coefficient (Wildman–Crippen LogP) is -0.310. The molecule has 20 heavy (non-hydrogen) atoms. The van der Waals surface area contributed by atoms with Crippen molar-refractivity contribution in [3.05, 3.63) is 0 Å². The highest BCUT2D eigenvalue weighted by Gasteiger charge is 2.16. The minimum absolute atomic E-state index is 0.354. The van der Waals surface area contributed by atoms with Gasteiger partial charge in [0.05, 0.1) is 13.2 Å². The summed E-state index contributed by atoms with van der Waals surface area (Å²) < 4.78 is 10.9. The molecular formula is C12H22N6O2. The van der Waals surface area contributed by atoms with Gasteiger partial charge in [0.2, 0.25) is 11.9 Å². The van der Waals surface area contributed by atoms with E-state index in [9.17, 15) is 0 Å². The van der Waals surface area contributed by atoms with Gasteiger partial charge >= 0.3 is 6.01 Å². The Kier molecular flexibility index (Phi) is 5.31. The maximum atomic E-state index is 5.59. The number of nitrogens with zero attached hydrogens (tertiary/aromatic N) is 5. The van der Waals surface area contributed by atoms with E-state index in [4.69, 9.17) is 9.47 Å². The molecule has 1 aliphatic rings. The molecule has 0 bridgehead atoms. The van der Waals surface area contributed by atoms with E-state index < -0.39 is 0 Å². The Labute approximate surface area is 119 Å². The van der Waals surface area contributed by atoms with Crippen LogP contribution in [0.1, 0.15) is 0 Å². The van der Waals surface area contributed by atoms with E-state index in [2.05, 4.69) is 25.2 Å². The van der Waals surface area contributed by atoms with Crippen LogP contribution >= 0.6 is 0 Å². The van der Waals surface area contributed by atoms with Gasteiger partial charge in [-0.15, -0.1) is 0 Å². The van der Waals surface area contributed by atoms with Gasteiger partial charge in [0.15, 0.2) is 0 Å². The summed E-state index contributed by atoms with van der Waals surface area (Å²) in [6.45, 7) is 4.31. The molecule has 0 unspecified atom stereocenters. The highest BCUT2D eigenvalue weighted by atomic mass is 16.5. The molecule has 112 valence electrons. The van der Waals surface area contributed by atoms with Crippen molar-refractivity contribution < 1.29 is 9.47 Å². The molecule has 2 rings (SSSR count). The van der Waals surface area contributed by atoms with Crippen molar-refractivity contribution in [3.63, 3.8) is 0 Å². The van der Waals surface area contributed by atoms with Gasteiger partial charge in [0.25, 0.3) is 0 Å². The lowest BCUT2D eigenvalue weighted by molar-refractivity contribution is 0.122. The Hall–Kier alpha value is -1.67. The van der Waals surface area contributed by atoms with Crippen molar-refractivity contribution in [1.82, 2.24) is 19.9 Å². The predicted molar refractivity (Wildman–Crippen MR) is 76.5 cm³/mol. The van der Waals surface area contributed by atoms with Crippen LogP contribution in [0.25, 0.3) is 0 Å². The van der Waals surface area contributed by atoms with E-state index in [1.54, 1.807) is 7.05 Å². The van der Waals surface area contributed by atoms with Gasteiger partial charge in [-0.2, -0.15) is 15.0 Å². The van der Waals surface area contributed by atoms with Crippen LogP contribution in [0.15, 0.2) is 0 Å². The van der Waals surface area contributed by atoms with Gasteiger partial charge < -0.3 is 24.6 Å². The van der Waals surface area contributed by atoms with Crippen LogP contribution in [0, 0.1) is 0 Å². The smallest absolute Gasteiger partial charge is 0.323 e. The Morgan fingerprint density at radius 2 is 2.00 bits per heavy atom. The van der Waals surface area contributed by atoms with E-state index in [1.807, 2.05) is 19.0 Å². The summed E-state index contributed by atoms with van der Waals surface area (Å²) in [4.78, 5) is 17.1.